The molecule has 0 N–H and O–H groups in total. The molecule has 0 atom stereocenters. The summed E-state index contributed by atoms with van der Waals surface area (Å²) in [7, 11) is 1.65. The van der Waals surface area contributed by atoms with Crippen molar-refractivity contribution in [3.8, 4) is 16.3 Å². The summed E-state index contributed by atoms with van der Waals surface area (Å²) in [5.74, 6) is 0.761. The fourth-order valence-corrected chi connectivity index (χ4v) is 2.82. The Bertz CT molecular complexity index is 557. The van der Waals surface area contributed by atoms with Gasteiger partial charge in [-0.2, -0.15) is 0 Å². The highest BCUT2D eigenvalue weighted by Crippen LogP contribution is 2.36. The topological polar surface area (TPSA) is 22.1 Å². The lowest BCUT2D eigenvalue weighted by Crippen LogP contribution is -2.11. The van der Waals surface area contributed by atoms with Crippen molar-refractivity contribution in [3.63, 3.8) is 0 Å². The smallest absolute Gasteiger partial charge is 0.130 e. The molecule has 0 saturated heterocycles. The van der Waals surface area contributed by atoms with Crippen molar-refractivity contribution in [3.05, 3.63) is 34.3 Å². The van der Waals surface area contributed by atoms with Crippen LogP contribution < -0.4 is 4.74 Å². The molecule has 0 radical (unpaired) electrons. The van der Waals surface area contributed by atoms with Crippen LogP contribution in [0.5, 0.6) is 5.75 Å². The maximum Gasteiger partial charge on any atom is 0.130 e. The number of ether oxygens (including phenoxy) is 1. The summed E-state index contributed by atoms with van der Waals surface area (Å²) in [4.78, 5) is 4.69. The summed E-state index contributed by atoms with van der Waals surface area (Å²) in [5.41, 5.74) is 2.15. The number of rotatable bonds is 2. The summed E-state index contributed by atoms with van der Waals surface area (Å²) >= 11 is 7.59. The fraction of sp³-hybridized carbons (Fsp3) is 0.357. The molecule has 1 heterocycles. The molecule has 0 bridgehead atoms. The number of aromatic nitrogens is 1. The van der Waals surface area contributed by atoms with Crippen molar-refractivity contribution in [1.82, 2.24) is 4.98 Å². The summed E-state index contributed by atoms with van der Waals surface area (Å²) in [6, 6.07) is 5.62. The van der Waals surface area contributed by atoms with Crippen LogP contribution in [-0.2, 0) is 5.41 Å². The van der Waals surface area contributed by atoms with E-state index >= 15 is 0 Å². The average Bonchev–Trinajstić information content (AvgIpc) is 2.77. The van der Waals surface area contributed by atoms with Gasteiger partial charge in [-0.1, -0.05) is 32.4 Å². The van der Waals surface area contributed by atoms with E-state index in [-0.39, 0.29) is 5.41 Å². The third-order valence-corrected chi connectivity index (χ3v) is 3.78. The standard InChI is InChI=1S/C14H16ClNOS/c1-14(2,3)12-8-18-13(16-12)10-6-5-9(15)7-11(10)17-4/h5-8H,1-4H3. The van der Waals surface area contributed by atoms with E-state index in [2.05, 4.69) is 31.1 Å². The lowest BCUT2D eigenvalue weighted by Gasteiger charge is -2.14. The highest BCUT2D eigenvalue weighted by atomic mass is 35.5. The second-order valence-corrected chi connectivity index (χ2v) is 6.43. The zero-order valence-electron chi connectivity index (χ0n) is 11.0. The lowest BCUT2D eigenvalue weighted by atomic mass is 9.93. The first kappa shape index (κ1) is 13.4. The highest BCUT2D eigenvalue weighted by Gasteiger charge is 2.19. The number of benzene rings is 1. The fourth-order valence-electron chi connectivity index (χ4n) is 1.58. The summed E-state index contributed by atoms with van der Waals surface area (Å²) in [6.45, 7) is 6.47. The molecular weight excluding hydrogens is 266 g/mol. The van der Waals surface area contributed by atoms with Gasteiger partial charge in [-0.3, -0.25) is 0 Å². The molecule has 0 aliphatic rings. The zero-order valence-corrected chi connectivity index (χ0v) is 12.5. The van der Waals surface area contributed by atoms with Crippen molar-refractivity contribution in [1.29, 1.82) is 0 Å². The molecule has 1 aromatic heterocycles. The van der Waals surface area contributed by atoms with Gasteiger partial charge in [0.1, 0.15) is 10.8 Å². The number of hydrogen-bond donors (Lipinski definition) is 0. The number of hydrogen-bond acceptors (Lipinski definition) is 3. The van der Waals surface area contributed by atoms with E-state index in [1.165, 1.54) is 0 Å². The van der Waals surface area contributed by atoms with E-state index in [0.29, 0.717) is 5.02 Å². The first-order valence-electron chi connectivity index (χ1n) is 5.72. The Morgan fingerprint density at radius 1 is 1.28 bits per heavy atom. The van der Waals surface area contributed by atoms with Gasteiger partial charge in [0.2, 0.25) is 0 Å². The van der Waals surface area contributed by atoms with Crippen LogP contribution in [0.2, 0.25) is 5.02 Å². The molecule has 0 aliphatic heterocycles. The first-order valence-corrected chi connectivity index (χ1v) is 6.97. The van der Waals surface area contributed by atoms with Gasteiger partial charge in [-0.25, -0.2) is 4.98 Å². The van der Waals surface area contributed by atoms with Crippen molar-refractivity contribution < 1.29 is 4.74 Å². The van der Waals surface area contributed by atoms with Crippen LogP contribution in [-0.4, -0.2) is 12.1 Å². The van der Waals surface area contributed by atoms with Crippen LogP contribution in [0.4, 0.5) is 0 Å². The molecule has 4 heteroatoms. The van der Waals surface area contributed by atoms with Gasteiger partial charge in [0.15, 0.2) is 0 Å². The number of thiazole rings is 1. The predicted molar refractivity (Wildman–Crippen MR) is 77.8 cm³/mol. The second-order valence-electron chi connectivity index (χ2n) is 5.13. The molecule has 0 spiro atoms. The van der Waals surface area contributed by atoms with Gasteiger partial charge in [0, 0.05) is 15.8 Å². The highest BCUT2D eigenvalue weighted by molar-refractivity contribution is 7.13. The van der Waals surface area contributed by atoms with Gasteiger partial charge >= 0.3 is 0 Å². The predicted octanol–water partition coefficient (Wildman–Crippen LogP) is 4.77. The molecule has 0 amide bonds. The molecule has 2 aromatic rings. The van der Waals surface area contributed by atoms with Crippen LogP contribution >= 0.6 is 22.9 Å². The average molecular weight is 282 g/mol. The second kappa shape index (κ2) is 4.90. The molecule has 18 heavy (non-hydrogen) atoms. The monoisotopic (exact) mass is 281 g/mol. The van der Waals surface area contributed by atoms with Gasteiger partial charge in [0.05, 0.1) is 18.4 Å². The minimum Gasteiger partial charge on any atom is -0.496 e. The van der Waals surface area contributed by atoms with Crippen LogP contribution in [0.1, 0.15) is 26.5 Å². The maximum atomic E-state index is 5.96. The zero-order chi connectivity index (χ0) is 13.3. The first-order chi connectivity index (χ1) is 8.41. The minimum atomic E-state index is 0.0639. The minimum absolute atomic E-state index is 0.0639. The van der Waals surface area contributed by atoms with E-state index < -0.39 is 0 Å². The van der Waals surface area contributed by atoms with Crippen LogP contribution in [0.25, 0.3) is 10.6 Å². The van der Waals surface area contributed by atoms with E-state index in [1.807, 2.05) is 18.2 Å². The van der Waals surface area contributed by atoms with Gasteiger partial charge < -0.3 is 4.74 Å². The Hall–Kier alpha value is -1.06. The molecule has 96 valence electrons. The van der Waals surface area contributed by atoms with Crippen LogP contribution in [0, 0.1) is 0 Å². The van der Waals surface area contributed by atoms with Crippen molar-refractivity contribution in [2.45, 2.75) is 26.2 Å². The van der Waals surface area contributed by atoms with Crippen molar-refractivity contribution in [2.75, 3.05) is 7.11 Å². The lowest BCUT2D eigenvalue weighted by molar-refractivity contribution is 0.416. The maximum absolute atomic E-state index is 5.96. The Balaban J connectivity index is 2.46. The summed E-state index contributed by atoms with van der Waals surface area (Å²) < 4.78 is 5.36. The summed E-state index contributed by atoms with van der Waals surface area (Å²) in [5, 5.41) is 3.74. The van der Waals surface area contributed by atoms with E-state index in [4.69, 9.17) is 16.3 Å². The van der Waals surface area contributed by atoms with Gasteiger partial charge in [-0.15, -0.1) is 11.3 Å². The Kier molecular flexibility index (Phi) is 3.64. The third kappa shape index (κ3) is 2.68. The van der Waals surface area contributed by atoms with E-state index in [9.17, 15) is 0 Å². The Morgan fingerprint density at radius 2 is 2.00 bits per heavy atom. The Morgan fingerprint density at radius 3 is 2.56 bits per heavy atom. The molecule has 0 unspecified atom stereocenters. The molecule has 0 fully saturated rings. The van der Waals surface area contributed by atoms with Crippen LogP contribution in [0.3, 0.4) is 0 Å². The van der Waals surface area contributed by atoms with Gasteiger partial charge in [0.25, 0.3) is 0 Å². The molecule has 2 nitrogen and oxygen atoms in total. The molecular formula is C14H16ClNOS. The number of nitrogens with zero attached hydrogens (tertiary/aromatic N) is 1. The van der Waals surface area contributed by atoms with E-state index in [1.54, 1.807) is 18.4 Å². The van der Waals surface area contributed by atoms with E-state index in [0.717, 1.165) is 22.0 Å². The van der Waals surface area contributed by atoms with Crippen molar-refractivity contribution >= 4 is 22.9 Å². The number of halogens is 1. The molecule has 1 aromatic carbocycles. The third-order valence-electron chi connectivity index (χ3n) is 2.67. The SMILES string of the molecule is COc1cc(Cl)ccc1-c1nc(C(C)(C)C)cs1. The van der Waals surface area contributed by atoms with Crippen LogP contribution in [0.15, 0.2) is 23.6 Å². The van der Waals surface area contributed by atoms with Crippen molar-refractivity contribution in [2.24, 2.45) is 0 Å². The molecule has 2 rings (SSSR count). The molecule has 0 aliphatic carbocycles. The Labute approximate surface area is 117 Å². The largest absolute Gasteiger partial charge is 0.496 e. The normalized spacial score (nSPS) is 11.6. The molecule has 0 saturated carbocycles. The summed E-state index contributed by atoms with van der Waals surface area (Å²) in [6.07, 6.45) is 0. The van der Waals surface area contributed by atoms with Gasteiger partial charge in [-0.05, 0) is 18.2 Å². The number of methoxy groups -OCH3 is 1. The quantitative estimate of drug-likeness (QED) is 0.791.